The molecule has 0 radical (unpaired) electrons. The highest BCUT2D eigenvalue weighted by atomic mass is 35.5. The van der Waals surface area contributed by atoms with Gasteiger partial charge in [0.05, 0.1) is 12.2 Å². The SMILES string of the molecule is CN1CCN(C(=O)CC2(COc3ccc(Cl)cc3)CCCN(C(=O)c3ccc(-c4ccccc4F)o3)C2)CC1. The summed E-state index contributed by atoms with van der Waals surface area (Å²) in [5.41, 5.74) is -0.256. The molecule has 0 saturated carbocycles. The van der Waals surface area contributed by atoms with Crippen LogP contribution in [0.4, 0.5) is 4.39 Å². The number of carbonyl (C=O) groups is 2. The van der Waals surface area contributed by atoms with Crippen LogP contribution in [0.1, 0.15) is 29.8 Å². The number of hydrogen-bond acceptors (Lipinski definition) is 5. The van der Waals surface area contributed by atoms with Gasteiger partial charge < -0.3 is 23.9 Å². The molecule has 1 unspecified atom stereocenters. The molecule has 2 saturated heterocycles. The van der Waals surface area contributed by atoms with Gasteiger partial charge in [-0.25, -0.2) is 4.39 Å². The molecular weight excluding hydrogens is 521 g/mol. The number of furan rings is 1. The van der Waals surface area contributed by atoms with Gasteiger partial charge in [-0.3, -0.25) is 9.59 Å². The second-order valence-electron chi connectivity index (χ2n) is 10.6. The fourth-order valence-electron chi connectivity index (χ4n) is 5.36. The van der Waals surface area contributed by atoms with E-state index in [0.717, 1.165) is 25.9 Å². The number of piperidine rings is 1. The van der Waals surface area contributed by atoms with Crippen molar-refractivity contribution in [3.63, 3.8) is 0 Å². The van der Waals surface area contributed by atoms with E-state index in [4.69, 9.17) is 20.8 Å². The zero-order valence-electron chi connectivity index (χ0n) is 22.1. The molecule has 206 valence electrons. The van der Waals surface area contributed by atoms with Crippen molar-refractivity contribution in [2.75, 3.05) is 52.9 Å². The van der Waals surface area contributed by atoms with E-state index in [0.29, 0.717) is 48.3 Å². The van der Waals surface area contributed by atoms with Crippen LogP contribution >= 0.6 is 11.6 Å². The minimum atomic E-state index is -0.561. The summed E-state index contributed by atoms with van der Waals surface area (Å²) in [6, 6.07) is 16.6. The van der Waals surface area contributed by atoms with E-state index in [-0.39, 0.29) is 30.6 Å². The van der Waals surface area contributed by atoms with Crippen LogP contribution < -0.4 is 4.74 Å². The zero-order chi connectivity index (χ0) is 27.4. The van der Waals surface area contributed by atoms with E-state index in [1.807, 2.05) is 4.90 Å². The van der Waals surface area contributed by atoms with E-state index < -0.39 is 11.2 Å². The molecule has 3 aromatic rings. The lowest BCUT2D eigenvalue weighted by atomic mass is 9.77. The van der Waals surface area contributed by atoms with Gasteiger partial charge in [0.2, 0.25) is 5.91 Å². The first-order chi connectivity index (χ1) is 18.8. The molecule has 3 heterocycles. The minimum Gasteiger partial charge on any atom is -0.493 e. The molecule has 0 bridgehead atoms. The van der Waals surface area contributed by atoms with Gasteiger partial charge in [-0.05, 0) is 68.4 Å². The third-order valence-corrected chi connectivity index (χ3v) is 7.90. The molecule has 1 aromatic heterocycles. The summed E-state index contributed by atoms with van der Waals surface area (Å²) < 4.78 is 26.3. The Morgan fingerprint density at radius 2 is 1.72 bits per heavy atom. The van der Waals surface area contributed by atoms with Gasteiger partial charge in [0.15, 0.2) is 5.76 Å². The molecule has 5 rings (SSSR count). The lowest BCUT2D eigenvalue weighted by Crippen LogP contribution is -2.53. The Balaban J connectivity index is 1.34. The van der Waals surface area contributed by atoms with Crippen molar-refractivity contribution in [3.05, 3.63) is 77.3 Å². The van der Waals surface area contributed by atoms with Crippen LogP contribution in [0.3, 0.4) is 0 Å². The molecule has 0 aliphatic carbocycles. The van der Waals surface area contributed by atoms with Crippen molar-refractivity contribution in [3.8, 4) is 17.1 Å². The molecular formula is C30H33ClFN3O4. The van der Waals surface area contributed by atoms with Crippen molar-refractivity contribution in [2.24, 2.45) is 5.41 Å². The summed E-state index contributed by atoms with van der Waals surface area (Å²) in [7, 11) is 2.06. The number of carbonyl (C=O) groups excluding carboxylic acids is 2. The lowest BCUT2D eigenvalue weighted by molar-refractivity contribution is -0.137. The van der Waals surface area contributed by atoms with Crippen LogP contribution in [0.2, 0.25) is 5.02 Å². The Labute approximate surface area is 233 Å². The van der Waals surface area contributed by atoms with Crippen molar-refractivity contribution in [2.45, 2.75) is 19.3 Å². The second kappa shape index (κ2) is 11.8. The maximum Gasteiger partial charge on any atom is 0.289 e. The number of piperazine rings is 1. The summed E-state index contributed by atoms with van der Waals surface area (Å²) in [4.78, 5) is 32.8. The smallest absolute Gasteiger partial charge is 0.289 e. The fourth-order valence-corrected chi connectivity index (χ4v) is 5.49. The molecule has 9 heteroatoms. The number of nitrogens with zero attached hydrogens (tertiary/aromatic N) is 3. The Morgan fingerprint density at radius 1 is 0.974 bits per heavy atom. The van der Waals surface area contributed by atoms with Gasteiger partial charge in [-0.2, -0.15) is 0 Å². The van der Waals surface area contributed by atoms with Crippen molar-refractivity contribution in [1.82, 2.24) is 14.7 Å². The predicted molar refractivity (Wildman–Crippen MR) is 147 cm³/mol. The summed E-state index contributed by atoms with van der Waals surface area (Å²) in [6.07, 6.45) is 1.77. The Morgan fingerprint density at radius 3 is 2.46 bits per heavy atom. The Bertz CT molecular complexity index is 1310. The highest BCUT2D eigenvalue weighted by molar-refractivity contribution is 6.30. The number of halogens is 2. The molecule has 39 heavy (non-hydrogen) atoms. The highest BCUT2D eigenvalue weighted by Gasteiger charge is 2.41. The van der Waals surface area contributed by atoms with Crippen LogP contribution in [-0.2, 0) is 4.79 Å². The first kappa shape index (κ1) is 27.2. The normalized spacial score (nSPS) is 20.2. The van der Waals surface area contributed by atoms with Gasteiger partial charge in [0.25, 0.3) is 5.91 Å². The summed E-state index contributed by atoms with van der Waals surface area (Å²) in [6.45, 7) is 4.25. The number of likely N-dealkylation sites (tertiary alicyclic amines) is 1. The topological polar surface area (TPSA) is 66.2 Å². The Kier molecular flexibility index (Phi) is 8.23. The van der Waals surface area contributed by atoms with Crippen molar-refractivity contribution < 1.29 is 23.1 Å². The first-order valence-corrected chi connectivity index (χ1v) is 13.7. The van der Waals surface area contributed by atoms with Crippen molar-refractivity contribution in [1.29, 1.82) is 0 Å². The van der Waals surface area contributed by atoms with Gasteiger partial charge in [0.1, 0.15) is 17.3 Å². The summed E-state index contributed by atoms with van der Waals surface area (Å²) in [5.74, 6) is 0.501. The molecule has 0 spiro atoms. The Hall–Kier alpha value is -3.36. The van der Waals surface area contributed by atoms with Crippen LogP contribution in [-0.4, -0.2) is 79.4 Å². The van der Waals surface area contributed by atoms with Crippen molar-refractivity contribution >= 4 is 23.4 Å². The van der Waals surface area contributed by atoms with E-state index in [1.165, 1.54) is 6.07 Å². The number of rotatable bonds is 7. The number of amides is 2. The minimum absolute atomic E-state index is 0.0805. The van der Waals surface area contributed by atoms with Crippen LogP contribution in [0.5, 0.6) is 5.75 Å². The van der Waals surface area contributed by atoms with E-state index in [9.17, 15) is 14.0 Å². The largest absolute Gasteiger partial charge is 0.493 e. The van der Waals surface area contributed by atoms with Gasteiger partial charge in [-0.15, -0.1) is 0 Å². The number of likely N-dealkylation sites (N-methyl/N-ethyl adjacent to an activating group) is 1. The van der Waals surface area contributed by atoms with Gasteiger partial charge in [0, 0.05) is 56.1 Å². The average Bonchev–Trinajstić information content (AvgIpc) is 3.43. The molecule has 2 amide bonds. The van der Waals surface area contributed by atoms with E-state index in [1.54, 1.807) is 59.5 Å². The predicted octanol–water partition coefficient (Wildman–Crippen LogP) is 5.20. The summed E-state index contributed by atoms with van der Waals surface area (Å²) >= 11 is 6.03. The fraction of sp³-hybridized carbons (Fsp3) is 0.400. The number of hydrogen-bond donors (Lipinski definition) is 0. The van der Waals surface area contributed by atoms with E-state index in [2.05, 4.69) is 11.9 Å². The standard InChI is InChI=1S/C30H33ClFN3O4/c1-33-15-17-34(18-16-33)28(36)19-30(21-38-23-9-7-22(31)8-10-23)13-4-14-35(20-30)29(37)27-12-11-26(39-27)24-5-2-3-6-25(24)32/h2-3,5-12H,4,13-21H2,1H3. The van der Waals surface area contributed by atoms with Gasteiger partial charge >= 0.3 is 0 Å². The first-order valence-electron chi connectivity index (χ1n) is 13.3. The van der Waals surface area contributed by atoms with E-state index >= 15 is 0 Å². The third-order valence-electron chi connectivity index (χ3n) is 7.65. The molecule has 2 fully saturated rings. The zero-order valence-corrected chi connectivity index (χ0v) is 22.8. The van der Waals surface area contributed by atoms with Crippen LogP contribution in [0.25, 0.3) is 11.3 Å². The second-order valence-corrected chi connectivity index (χ2v) is 11.0. The number of ether oxygens (including phenoxy) is 1. The maximum absolute atomic E-state index is 14.3. The average molecular weight is 554 g/mol. The molecule has 2 aromatic carbocycles. The maximum atomic E-state index is 14.3. The monoisotopic (exact) mass is 553 g/mol. The lowest BCUT2D eigenvalue weighted by Gasteiger charge is -2.43. The molecule has 1 atom stereocenters. The quantitative estimate of drug-likeness (QED) is 0.402. The third kappa shape index (κ3) is 6.45. The molecule has 7 nitrogen and oxygen atoms in total. The highest BCUT2D eigenvalue weighted by Crippen LogP contribution is 2.36. The summed E-state index contributed by atoms with van der Waals surface area (Å²) in [5, 5.41) is 0.616. The van der Waals surface area contributed by atoms with Gasteiger partial charge in [-0.1, -0.05) is 23.7 Å². The van der Waals surface area contributed by atoms with Crippen LogP contribution in [0.15, 0.2) is 65.1 Å². The molecule has 2 aliphatic heterocycles. The van der Waals surface area contributed by atoms with Crippen LogP contribution in [0, 0.1) is 11.2 Å². The number of benzene rings is 2. The molecule has 2 aliphatic rings. The molecule has 0 N–H and O–H groups in total.